The molecule has 1 aromatic rings. The molecule has 1 aliphatic rings. The number of nitrogens with zero attached hydrogens (tertiary/aromatic N) is 1. The highest BCUT2D eigenvalue weighted by molar-refractivity contribution is 6.30. The predicted molar refractivity (Wildman–Crippen MR) is 73.6 cm³/mol. The van der Waals surface area contributed by atoms with Crippen LogP contribution in [-0.4, -0.2) is 30.4 Å². The molecule has 1 fully saturated rings. The van der Waals surface area contributed by atoms with E-state index < -0.39 is 0 Å². The summed E-state index contributed by atoms with van der Waals surface area (Å²) in [5.74, 6) is 0.864. The fraction of sp³-hybridized carbons (Fsp3) is 0.500. The Balaban J connectivity index is 2.23. The molecule has 0 bridgehead atoms. The van der Waals surface area contributed by atoms with Crippen LogP contribution in [0.3, 0.4) is 0 Å². The Morgan fingerprint density at radius 1 is 1.56 bits per heavy atom. The summed E-state index contributed by atoms with van der Waals surface area (Å²) in [7, 11) is 0. The van der Waals surface area contributed by atoms with Crippen LogP contribution in [0.15, 0.2) is 24.3 Å². The van der Waals surface area contributed by atoms with Crippen molar-refractivity contribution in [1.29, 1.82) is 0 Å². The molecule has 0 aliphatic carbocycles. The lowest BCUT2D eigenvalue weighted by atomic mass is 9.81. The molecule has 1 saturated heterocycles. The Hall–Kier alpha value is -1.06. The van der Waals surface area contributed by atoms with Crippen molar-refractivity contribution in [2.24, 2.45) is 11.7 Å². The van der Waals surface area contributed by atoms with Crippen LogP contribution < -0.4 is 5.73 Å². The molecule has 0 aromatic heterocycles. The number of hydrogen-bond acceptors (Lipinski definition) is 2. The fourth-order valence-electron chi connectivity index (χ4n) is 2.68. The molecule has 2 unspecified atom stereocenters. The first-order valence-corrected chi connectivity index (χ1v) is 6.70. The third kappa shape index (κ3) is 2.85. The average Bonchev–Trinajstić information content (AvgIpc) is 2.38. The van der Waals surface area contributed by atoms with Gasteiger partial charge in [-0.25, -0.2) is 0 Å². The number of carbonyl (C=O) groups is 1. The number of benzene rings is 1. The van der Waals surface area contributed by atoms with Crippen molar-refractivity contribution < 1.29 is 4.79 Å². The first-order valence-electron chi connectivity index (χ1n) is 6.33. The number of amides is 1. The molecule has 2 rings (SSSR count). The summed E-state index contributed by atoms with van der Waals surface area (Å²) in [6.45, 7) is 3.84. The molecule has 3 nitrogen and oxygen atoms in total. The number of carbonyl (C=O) groups excluding carboxylic acids is 1. The predicted octanol–water partition coefficient (Wildman–Crippen LogP) is 2.25. The van der Waals surface area contributed by atoms with E-state index in [1.807, 2.05) is 23.1 Å². The number of piperidine rings is 1. The van der Waals surface area contributed by atoms with Gasteiger partial charge in [0.05, 0.1) is 0 Å². The molecule has 98 valence electrons. The van der Waals surface area contributed by atoms with Gasteiger partial charge in [0.2, 0.25) is 5.91 Å². The van der Waals surface area contributed by atoms with Crippen LogP contribution in [0.2, 0.25) is 5.02 Å². The van der Waals surface area contributed by atoms with Crippen molar-refractivity contribution in [2.45, 2.75) is 19.3 Å². The molecule has 18 heavy (non-hydrogen) atoms. The van der Waals surface area contributed by atoms with Crippen LogP contribution in [0.5, 0.6) is 0 Å². The Kier molecular flexibility index (Phi) is 4.25. The summed E-state index contributed by atoms with van der Waals surface area (Å²) in [5, 5.41) is 0.739. The zero-order chi connectivity index (χ0) is 13.1. The first kappa shape index (κ1) is 13.4. The van der Waals surface area contributed by atoms with E-state index in [2.05, 4.69) is 6.07 Å². The average molecular weight is 267 g/mol. The normalized spacial score (nSPS) is 24.1. The van der Waals surface area contributed by atoms with E-state index in [-0.39, 0.29) is 5.91 Å². The van der Waals surface area contributed by atoms with Crippen LogP contribution in [0.1, 0.15) is 24.8 Å². The third-order valence-corrected chi connectivity index (χ3v) is 4.02. The lowest BCUT2D eigenvalue weighted by Gasteiger charge is -2.38. The number of halogens is 1. The number of nitrogens with two attached hydrogens (primary N) is 1. The van der Waals surface area contributed by atoms with Crippen LogP contribution in [0.25, 0.3) is 0 Å². The van der Waals surface area contributed by atoms with E-state index >= 15 is 0 Å². The van der Waals surface area contributed by atoms with Crippen molar-refractivity contribution >= 4 is 17.5 Å². The van der Waals surface area contributed by atoms with Crippen molar-refractivity contribution in [3.63, 3.8) is 0 Å². The van der Waals surface area contributed by atoms with Crippen molar-refractivity contribution in [1.82, 2.24) is 4.90 Å². The van der Waals surface area contributed by atoms with Gasteiger partial charge in [-0.2, -0.15) is 0 Å². The molecule has 0 spiro atoms. The van der Waals surface area contributed by atoms with E-state index in [1.54, 1.807) is 6.92 Å². The molecule has 1 aliphatic heterocycles. The Morgan fingerprint density at radius 3 is 2.94 bits per heavy atom. The Morgan fingerprint density at radius 2 is 2.33 bits per heavy atom. The molecular formula is C14H19ClN2O. The van der Waals surface area contributed by atoms with Crippen LogP contribution >= 0.6 is 11.6 Å². The molecule has 4 heteroatoms. The van der Waals surface area contributed by atoms with Crippen molar-refractivity contribution in [2.75, 3.05) is 19.6 Å². The lowest BCUT2D eigenvalue weighted by Crippen LogP contribution is -2.43. The molecule has 2 N–H and O–H groups in total. The Labute approximate surface area is 113 Å². The van der Waals surface area contributed by atoms with Gasteiger partial charge in [-0.15, -0.1) is 0 Å². The molecule has 2 atom stereocenters. The minimum Gasteiger partial charge on any atom is -0.342 e. The highest BCUT2D eigenvalue weighted by Crippen LogP contribution is 2.32. The molecule has 1 heterocycles. The second kappa shape index (κ2) is 5.72. The van der Waals surface area contributed by atoms with Gasteiger partial charge in [0.15, 0.2) is 0 Å². The van der Waals surface area contributed by atoms with E-state index in [4.69, 9.17) is 17.3 Å². The van der Waals surface area contributed by atoms with Gasteiger partial charge in [0.25, 0.3) is 0 Å². The second-order valence-electron chi connectivity index (χ2n) is 4.91. The molecule has 0 saturated carbocycles. The summed E-state index contributed by atoms with van der Waals surface area (Å²) in [4.78, 5) is 13.4. The summed E-state index contributed by atoms with van der Waals surface area (Å²) >= 11 is 6.04. The number of likely N-dealkylation sites (tertiary alicyclic amines) is 1. The van der Waals surface area contributed by atoms with E-state index in [0.29, 0.717) is 18.4 Å². The van der Waals surface area contributed by atoms with Gasteiger partial charge in [0.1, 0.15) is 0 Å². The maximum absolute atomic E-state index is 11.5. The van der Waals surface area contributed by atoms with Crippen LogP contribution in [-0.2, 0) is 4.79 Å². The maximum atomic E-state index is 11.5. The summed E-state index contributed by atoms with van der Waals surface area (Å²) in [5.41, 5.74) is 7.04. The Bertz CT molecular complexity index is 436. The first-order chi connectivity index (χ1) is 8.61. The monoisotopic (exact) mass is 266 g/mol. The molecule has 1 amide bonds. The molecule has 0 radical (unpaired) electrons. The zero-order valence-corrected chi connectivity index (χ0v) is 11.4. The van der Waals surface area contributed by atoms with Gasteiger partial charge in [-0.1, -0.05) is 23.7 Å². The molecule has 1 aromatic carbocycles. The summed E-state index contributed by atoms with van der Waals surface area (Å²) in [6, 6.07) is 7.88. The third-order valence-electron chi connectivity index (χ3n) is 3.78. The number of rotatable bonds is 2. The lowest BCUT2D eigenvalue weighted by molar-refractivity contribution is -0.130. The summed E-state index contributed by atoms with van der Waals surface area (Å²) in [6.07, 6.45) is 0.966. The molecular weight excluding hydrogens is 248 g/mol. The van der Waals surface area contributed by atoms with Gasteiger partial charge < -0.3 is 10.6 Å². The fourth-order valence-corrected chi connectivity index (χ4v) is 2.88. The largest absolute Gasteiger partial charge is 0.342 e. The van der Waals surface area contributed by atoms with Gasteiger partial charge in [0, 0.05) is 31.0 Å². The van der Waals surface area contributed by atoms with Crippen molar-refractivity contribution in [3.8, 4) is 0 Å². The highest BCUT2D eigenvalue weighted by Gasteiger charge is 2.30. The number of hydrogen-bond donors (Lipinski definition) is 1. The maximum Gasteiger partial charge on any atom is 0.219 e. The van der Waals surface area contributed by atoms with Gasteiger partial charge >= 0.3 is 0 Å². The van der Waals surface area contributed by atoms with E-state index in [0.717, 1.165) is 24.5 Å². The minimum atomic E-state index is 0.137. The SMILES string of the molecule is CC(=O)N1CCC(CN)C(c2cccc(Cl)c2)C1. The van der Waals surface area contributed by atoms with Gasteiger partial charge in [-0.3, -0.25) is 4.79 Å². The van der Waals surface area contributed by atoms with E-state index in [9.17, 15) is 4.79 Å². The van der Waals surface area contributed by atoms with Gasteiger partial charge in [-0.05, 0) is 36.6 Å². The standard InChI is InChI=1S/C14H19ClN2O/c1-10(18)17-6-5-12(8-16)14(9-17)11-3-2-4-13(15)7-11/h2-4,7,12,14H,5-6,8-9,16H2,1H3. The second-order valence-corrected chi connectivity index (χ2v) is 5.35. The minimum absolute atomic E-state index is 0.137. The quantitative estimate of drug-likeness (QED) is 0.892. The zero-order valence-electron chi connectivity index (χ0n) is 10.6. The van der Waals surface area contributed by atoms with Crippen molar-refractivity contribution in [3.05, 3.63) is 34.9 Å². The highest BCUT2D eigenvalue weighted by atomic mass is 35.5. The van der Waals surface area contributed by atoms with Crippen LogP contribution in [0, 0.1) is 5.92 Å². The smallest absolute Gasteiger partial charge is 0.219 e. The van der Waals surface area contributed by atoms with E-state index in [1.165, 1.54) is 5.56 Å². The topological polar surface area (TPSA) is 46.3 Å². The van der Waals surface area contributed by atoms with Crippen LogP contribution in [0.4, 0.5) is 0 Å². The summed E-state index contributed by atoms with van der Waals surface area (Å²) < 4.78 is 0.